The molecule has 1 rings (SSSR count). The Hall–Kier alpha value is -0.940. The van der Waals surface area contributed by atoms with Gasteiger partial charge in [0.05, 0.1) is 4.47 Å². The first kappa shape index (κ1) is 14.1. The van der Waals surface area contributed by atoms with E-state index in [0.717, 1.165) is 12.8 Å². The zero-order valence-corrected chi connectivity index (χ0v) is 11.2. The lowest BCUT2D eigenvalue weighted by Gasteiger charge is -2.05. The van der Waals surface area contributed by atoms with Crippen molar-refractivity contribution in [3.05, 3.63) is 34.1 Å². The van der Waals surface area contributed by atoms with Crippen LogP contribution < -0.4 is 5.32 Å². The Bertz CT molecular complexity index is 385. The van der Waals surface area contributed by atoms with E-state index in [9.17, 15) is 9.18 Å². The summed E-state index contributed by atoms with van der Waals surface area (Å²) < 4.78 is 18.4. The highest BCUT2D eigenvalue weighted by atomic mass is 79.9. The van der Waals surface area contributed by atoms with Gasteiger partial charge in [0.15, 0.2) is 0 Å². The van der Waals surface area contributed by atoms with Gasteiger partial charge in [-0.05, 0) is 47.0 Å². The Kier molecular flexibility index (Phi) is 6.15. The first-order valence-electron chi connectivity index (χ1n) is 5.37. The molecule has 0 saturated carbocycles. The van der Waals surface area contributed by atoms with E-state index >= 15 is 0 Å². The number of amides is 1. The van der Waals surface area contributed by atoms with Gasteiger partial charge in [-0.1, -0.05) is 0 Å². The van der Waals surface area contributed by atoms with E-state index in [2.05, 4.69) is 21.2 Å². The number of carbonyl (C=O) groups is 1. The van der Waals surface area contributed by atoms with Crippen LogP contribution in [0.5, 0.6) is 0 Å². The second-order valence-corrected chi connectivity index (χ2v) is 4.44. The quantitative estimate of drug-likeness (QED) is 0.821. The second kappa shape index (κ2) is 7.40. The van der Waals surface area contributed by atoms with Gasteiger partial charge in [0, 0.05) is 25.8 Å². The smallest absolute Gasteiger partial charge is 0.251 e. The van der Waals surface area contributed by atoms with Gasteiger partial charge in [-0.2, -0.15) is 0 Å². The summed E-state index contributed by atoms with van der Waals surface area (Å²) >= 11 is 3.04. The van der Waals surface area contributed by atoms with Crippen LogP contribution in [0.3, 0.4) is 0 Å². The van der Waals surface area contributed by atoms with Gasteiger partial charge < -0.3 is 10.1 Å². The summed E-state index contributed by atoms with van der Waals surface area (Å²) in [6.45, 7) is 1.25. The largest absolute Gasteiger partial charge is 0.385 e. The van der Waals surface area contributed by atoms with Crippen LogP contribution in [0, 0.1) is 5.82 Å². The number of ether oxygens (including phenoxy) is 1. The summed E-state index contributed by atoms with van der Waals surface area (Å²) in [5.41, 5.74) is 0.331. The molecule has 0 saturated heterocycles. The summed E-state index contributed by atoms with van der Waals surface area (Å²) in [6, 6.07) is 4.32. The summed E-state index contributed by atoms with van der Waals surface area (Å²) in [7, 11) is 1.64. The number of hydrogen-bond acceptors (Lipinski definition) is 2. The molecular weight excluding hydrogens is 289 g/mol. The minimum Gasteiger partial charge on any atom is -0.385 e. The first-order valence-corrected chi connectivity index (χ1v) is 6.16. The molecule has 0 aliphatic heterocycles. The van der Waals surface area contributed by atoms with Gasteiger partial charge in [0.1, 0.15) is 5.82 Å². The number of halogens is 2. The van der Waals surface area contributed by atoms with E-state index in [1.807, 2.05) is 0 Å². The monoisotopic (exact) mass is 303 g/mol. The van der Waals surface area contributed by atoms with Gasteiger partial charge in [-0.25, -0.2) is 4.39 Å². The molecule has 1 amide bonds. The summed E-state index contributed by atoms with van der Waals surface area (Å²) in [5, 5.41) is 2.73. The van der Waals surface area contributed by atoms with Crippen molar-refractivity contribution in [1.82, 2.24) is 5.32 Å². The summed E-state index contributed by atoms with van der Waals surface area (Å²) in [5.74, 6) is -0.689. The minimum atomic E-state index is -0.433. The maximum Gasteiger partial charge on any atom is 0.251 e. The van der Waals surface area contributed by atoms with Crippen molar-refractivity contribution in [2.75, 3.05) is 20.3 Å². The molecule has 0 heterocycles. The molecule has 3 nitrogen and oxygen atoms in total. The van der Waals surface area contributed by atoms with Crippen LogP contribution in [0.15, 0.2) is 22.7 Å². The molecule has 0 fully saturated rings. The number of hydrogen-bond donors (Lipinski definition) is 1. The predicted molar refractivity (Wildman–Crippen MR) is 67.5 cm³/mol. The molecule has 0 radical (unpaired) electrons. The standard InChI is InChI=1S/C12H15BrFNO2/c1-17-7-3-2-6-15-12(16)9-4-5-10(13)11(14)8-9/h4-5,8H,2-3,6-7H2,1H3,(H,15,16). The Balaban J connectivity index is 2.39. The number of nitrogens with one attached hydrogen (secondary N) is 1. The molecule has 0 atom stereocenters. The molecule has 0 spiro atoms. The molecule has 5 heteroatoms. The Labute approximate surface area is 108 Å². The van der Waals surface area contributed by atoms with Crippen LogP contribution in [0.1, 0.15) is 23.2 Å². The van der Waals surface area contributed by atoms with E-state index in [1.54, 1.807) is 13.2 Å². The predicted octanol–water partition coefficient (Wildman–Crippen LogP) is 2.74. The van der Waals surface area contributed by atoms with Gasteiger partial charge in [0.25, 0.3) is 5.91 Å². The third-order valence-electron chi connectivity index (χ3n) is 2.24. The van der Waals surface area contributed by atoms with Crippen LogP contribution in [-0.2, 0) is 4.74 Å². The number of rotatable bonds is 6. The minimum absolute atomic E-state index is 0.256. The van der Waals surface area contributed by atoms with Crippen molar-refractivity contribution >= 4 is 21.8 Å². The number of unbranched alkanes of at least 4 members (excludes halogenated alkanes) is 1. The van der Waals surface area contributed by atoms with E-state index in [0.29, 0.717) is 23.2 Å². The van der Waals surface area contributed by atoms with Gasteiger partial charge in [0.2, 0.25) is 0 Å². The first-order chi connectivity index (χ1) is 8.15. The van der Waals surface area contributed by atoms with Crippen molar-refractivity contribution in [2.45, 2.75) is 12.8 Å². The molecule has 1 N–H and O–H groups in total. The Morgan fingerprint density at radius 3 is 2.88 bits per heavy atom. The van der Waals surface area contributed by atoms with Crippen molar-refractivity contribution < 1.29 is 13.9 Å². The lowest BCUT2D eigenvalue weighted by molar-refractivity contribution is 0.0951. The molecule has 1 aromatic carbocycles. The fraction of sp³-hybridized carbons (Fsp3) is 0.417. The average molecular weight is 304 g/mol. The third kappa shape index (κ3) is 4.83. The van der Waals surface area contributed by atoms with Crippen LogP contribution >= 0.6 is 15.9 Å². The SMILES string of the molecule is COCCCCNC(=O)c1ccc(Br)c(F)c1. The maximum absolute atomic E-state index is 13.2. The second-order valence-electron chi connectivity index (χ2n) is 3.58. The normalized spacial score (nSPS) is 10.3. The van der Waals surface area contributed by atoms with Crippen molar-refractivity contribution in [3.63, 3.8) is 0 Å². The van der Waals surface area contributed by atoms with Crippen LogP contribution in [-0.4, -0.2) is 26.2 Å². The molecule has 0 bridgehead atoms. The number of carbonyl (C=O) groups excluding carboxylic acids is 1. The fourth-order valence-corrected chi connectivity index (χ4v) is 1.56. The molecule has 94 valence electrons. The van der Waals surface area contributed by atoms with Crippen molar-refractivity contribution in [3.8, 4) is 0 Å². The van der Waals surface area contributed by atoms with Crippen molar-refractivity contribution in [2.24, 2.45) is 0 Å². The highest BCUT2D eigenvalue weighted by molar-refractivity contribution is 9.10. The maximum atomic E-state index is 13.2. The Morgan fingerprint density at radius 2 is 2.24 bits per heavy atom. The lowest BCUT2D eigenvalue weighted by Crippen LogP contribution is -2.24. The summed E-state index contributed by atoms with van der Waals surface area (Å²) in [6.07, 6.45) is 1.74. The number of benzene rings is 1. The zero-order valence-electron chi connectivity index (χ0n) is 9.63. The summed E-state index contributed by atoms with van der Waals surface area (Å²) in [4.78, 5) is 11.6. The van der Waals surface area contributed by atoms with Gasteiger partial charge in [-0.15, -0.1) is 0 Å². The van der Waals surface area contributed by atoms with Crippen LogP contribution in [0.25, 0.3) is 0 Å². The Morgan fingerprint density at radius 1 is 1.47 bits per heavy atom. The third-order valence-corrected chi connectivity index (χ3v) is 2.89. The highest BCUT2D eigenvalue weighted by Crippen LogP contribution is 2.16. The van der Waals surface area contributed by atoms with Crippen LogP contribution in [0.4, 0.5) is 4.39 Å². The van der Waals surface area contributed by atoms with Crippen LogP contribution in [0.2, 0.25) is 0 Å². The van der Waals surface area contributed by atoms with Crippen molar-refractivity contribution in [1.29, 1.82) is 0 Å². The topological polar surface area (TPSA) is 38.3 Å². The van der Waals surface area contributed by atoms with Gasteiger partial charge >= 0.3 is 0 Å². The molecule has 0 aliphatic rings. The molecule has 0 unspecified atom stereocenters. The van der Waals surface area contributed by atoms with E-state index in [4.69, 9.17) is 4.74 Å². The highest BCUT2D eigenvalue weighted by Gasteiger charge is 2.07. The van der Waals surface area contributed by atoms with E-state index < -0.39 is 5.82 Å². The average Bonchev–Trinajstić information content (AvgIpc) is 2.32. The lowest BCUT2D eigenvalue weighted by atomic mass is 10.2. The molecule has 17 heavy (non-hydrogen) atoms. The molecule has 0 aliphatic carbocycles. The molecule has 1 aromatic rings. The fourth-order valence-electron chi connectivity index (χ4n) is 1.31. The van der Waals surface area contributed by atoms with E-state index in [1.165, 1.54) is 12.1 Å². The molecular formula is C12H15BrFNO2. The van der Waals surface area contributed by atoms with Gasteiger partial charge in [-0.3, -0.25) is 4.79 Å². The molecule has 0 aromatic heterocycles. The van der Waals surface area contributed by atoms with E-state index in [-0.39, 0.29) is 5.91 Å². The number of methoxy groups -OCH3 is 1. The zero-order chi connectivity index (χ0) is 12.7.